The van der Waals surface area contributed by atoms with Crippen molar-refractivity contribution in [2.75, 3.05) is 26.4 Å². The molecule has 0 aliphatic carbocycles. The molecule has 1 aromatic carbocycles. The highest BCUT2D eigenvalue weighted by atomic mass is 16.7. The number of unbranched alkanes of at least 4 members (excludes halogenated alkanes) is 1. The lowest BCUT2D eigenvalue weighted by Crippen LogP contribution is -2.22. The first kappa shape index (κ1) is 21.4. The van der Waals surface area contributed by atoms with E-state index in [2.05, 4.69) is 0 Å². The van der Waals surface area contributed by atoms with Gasteiger partial charge in [-0.05, 0) is 63.1 Å². The van der Waals surface area contributed by atoms with Crippen LogP contribution in [0.25, 0.3) is 0 Å². The molecule has 2 rings (SSSR count). The van der Waals surface area contributed by atoms with Crippen molar-refractivity contribution in [1.29, 1.82) is 0 Å². The molecule has 0 amide bonds. The van der Waals surface area contributed by atoms with Crippen molar-refractivity contribution < 1.29 is 28.5 Å². The number of carbonyl (C=O) groups is 2. The Morgan fingerprint density at radius 1 is 1.07 bits per heavy atom. The summed E-state index contributed by atoms with van der Waals surface area (Å²) in [6, 6.07) is 7.92. The van der Waals surface area contributed by atoms with Gasteiger partial charge in [-0.3, -0.25) is 9.59 Å². The molecular weight excluding hydrogens is 348 g/mol. The summed E-state index contributed by atoms with van der Waals surface area (Å²) in [6.07, 6.45) is 6.24. The average Bonchev–Trinajstić information content (AvgIpc) is 2.66. The first-order valence-electron chi connectivity index (χ1n) is 9.73. The lowest BCUT2D eigenvalue weighted by atomic mass is 10.1. The Labute approximate surface area is 161 Å². The van der Waals surface area contributed by atoms with Crippen LogP contribution in [-0.4, -0.2) is 44.5 Å². The maximum atomic E-state index is 11.2. The minimum atomic E-state index is -0.513. The molecule has 1 heterocycles. The highest BCUT2D eigenvalue weighted by Crippen LogP contribution is 2.16. The molecule has 150 valence electrons. The Hall–Kier alpha value is -1.92. The quantitative estimate of drug-likeness (QED) is 0.315. The molecule has 1 aliphatic heterocycles. The molecule has 6 nitrogen and oxygen atoms in total. The molecule has 0 radical (unpaired) electrons. The second kappa shape index (κ2) is 12.5. The molecule has 1 atom stereocenters. The number of Topliss-reactive ketones (excluding diaryl/α,β-unsaturated/α-hetero) is 1. The number of rotatable bonds is 12. The number of aryl methyl sites for hydroxylation is 1. The van der Waals surface area contributed by atoms with E-state index in [9.17, 15) is 9.59 Å². The molecule has 1 saturated heterocycles. The van der Waals surface area contributed by atoms with E-state index in [1.54, 1.807) is 0 Å². The zero-order valence-corrected chi connectivity index (χ0v) is 16.1. The summed E-state index contributed by atoms with van der Waals surface area (Å²) < 4.78 is 21.7. The molecule has 0 aromatic heterocycles. The second-order valence-corrected chi connectivity index (χ2v) is 6.72. The van der Waals surface area contributed by atoms with Gasteiger partial charge < -0.3 is 18.9 Å². The number of hydrogen-bond acceptors (Lipinski definition) is 6. The number of hydrogen-bond donors (Lipinski definition) is 0. The highest BCUT2D eigenvalue weighted by molar-refractivity contribution is 5.94. The van der Waals surface area contributed by atoms with Gasteiger partial charge in [-0.1, -0.05) is 12.1 Å². The Morgan fingerprint density at radius 3 is 2.59 bits per heavy atom. The zero-order chi connectivity index (χ0) is 19.3. The Kier molecular flexibility index (Phi) is 9.87. The summed E-state index contributed by atoms with van der Waals surface area (Å²) >= 11 is 0. The minimum Gasteiger partial charge on any atom is -0.490 e. The Bertz CT molecular complexity index is 563. The largest absolute Gasteiger partial charge is 0.490 e. The lowest BCUT2D eigenvalue weighted by Gasteiger charge is -2.22. The van der Waals surface area contributed by atoms with Crippen LogP contribution in [0.4, 0.5) is 0 Å². The summed E-state index contributed by atoms with van der Waals surface area (Å²) in [7, 11) is 0. The van der Waals surface area contributed by atoms with Gasteiger partial charge in [0.2, 0.25) is 0 Å². The molecule has 1 fully saturated rings. The lowest BCUT2D eigenvalue weighted by molar-refractivity contribution is -0.162. The smallest absolute Gasteiger partial charge is 0.313 e. The summed E-state index contributed by atoms with van der Waals surface area (Å²) in [4.78, 5) is 22.0. The minimum absolute atomic E-state index is 0.00286. The van der Waals surface area contributed by atoms with E-state index in [1.165, 1.54) is 18.9 Å². The van der Waals surface area contributed by atoms with Crippen LogP contribution < -0.4 is 4.74 Å². The first-order chi connectivity index (χ1) is 13.1. The summed E-state index contributed by atoms with van der Waals surface area (Å²) in [5.41, 5.74) is 1.25. The van der Waals surface area contributed by atoms with Gasteiger partial charge in [0.1, 0.15) is 31.2 Å². The number of ketones is 1. The number of benzene rings is 1. The average molecular weight is 378 g/mol. The van der Waals surface area contributed by atoms with Crippen molar-refractivity contribution in [2.45, 2.75) is 58.2 Å². The zero-order valence-electron chi connectivity index (χ0n) is 16.1. The second-order valence-electron chi connectivity index (χ2n) is 6.72. The molecule has 1 aliphatic rings. The van der Waals surface area contributed by atoms with Crippen molar-refractivity contribution in [1.82, 2.24) is 0 Å². The first-order valence-corrected chi connectivity index (χ1v) is 9.73. The normalized spacial score (nSPS) is 16.7. The fourth-order valence-corrected chi connectivity index (χ4v) is 2.81. The van der Waals surface area contributed by atoms with E-state index < -0.39 is 5.97 Å². The van der Waals surface area contributed by atoms with Crippen molar-refractivity contribution in [3.05, 3.63) is 29.8 Å². The van der Waals surface area contributed by atoms with E-state index in [-0.39, 0.29) is 31.7 Å². The van der Waals surface area contributed by atoms with Gasteiger partial charge in [0.05, 0.1) is 0 Å². The number of carbonyl (C=O) groups excluding carboxylic acids is 2. The third kappa shape index (κ3) is 9.54. The predicted octanol–water partition coefficient (Wildman–Crippen LogP) is 3.45. The van der Waals surface area contributed by atoms with Crippen LogP contribution in [0.3, 0.4) is 0 Å². The van der Waals surface area contributed by atoms with Crippen LogP contribution in [0.5, 0.6) is 5.75 Å². The van der Waals surface area contributed by atoms with Gasteiger partial charge in [-0.25, -0.2) is 0 Å². The highest BCUT2D eigenvalue weighted by Gasteiger charge is 2.13. The van der Waals surface area contributed by atoms with Gasteiger partial charge in [0, 0.05) is 13.2 Å². The van der Waals surface area contributed by atoms with E-state index in [4.69, 9.17) is 18.9 Å². The van der Waals surface area contributed by atoms with Gasteiger partial charge in [-0.15, -0.1) is 0 Å². The fraction of sp³-hybridized carbons (Fsp3) is 0.619. The topological polar surface area (TPSA) is 71.1 Å². The van der Waals surface area contributed by atoms with Crippen LogP contribution in [0.2, 0.25) is 0 Å². The van der Waals surface area contributed by atoms with Gasteiger partial charge in [0.25, 0.3) is 0 Å². The summed E-state index contributed by atoms with van der Waals surface area (Å²) in [5.74, 6) is 0.0185. The summed E-state index contributed by atoms with van der Waals surface area (Å²) in [6.45, 7) is 3.33. The van der Waals surface area contributed by atoms with E-state index in [1.807, 2.05) is 24.3 Å². The maximum absolute atomic E-state index is 11.2. The van der Waals surface area contributed by atoms with Crippen LogP contribution in [0, 0.1) is 0 Å². The monoisotopic (exact) mass is 378 g/mol. The molecule has 0 N–H and O–H groups in total. The molecule has 0 bridgehead atoms. The van der Waals surface area contributed by atoms with E-state index in [0.717, 1.165) is 51.1 Å². The molecule has 0 spiro atoms. The molecule has 1 unspecified atom stereocenters. The molecule has 6 heteroatoms. The van der Waals surface area contributed by atoms with Crippen LogP contribution in [0.15, 0.2) is 24.3 Å². The Balaban J connectivity index is 1.52. The maximum Gasteiger partial charge on any atom is 0.313 e. The van der Waals surface area contributed by atoms with Crippen molar-refractivity contribution >= 4 is 11.8 Å². The number of ether oxygens (including phenoxy) is 4. The van der Waals surface area contributed by atoms with Gasteiger partial charge in [0.15, 0.2) is 6.29 Å². The third-order valence-electron chi connectivity index (χ3n) is 4.23. The van der Waals surface area contributed by atoms with E-state index in [0.29, 0.717) is 0 Å². The third-order valence-corrected chi connectivity index (χ3v) is 4.23. The molecule has 1 aromatic rings. The van der Waals surface area contributed by atoms with Crippen LogP contribution in [0.1, 0.15) is 51.0 Å². The SMILES string of the molecule is CC(=O)CC(=O)OCCOc1ccc(CCCCOC2CCCCO2)cc1. The Morgan fingerprint density at radius 2 is 1.89 bits per heavy atom. The van der Waals surface area contributed by atoms with E-state index >= 15 is 0 Å². The van der Waals surface area contributed by atoms with Crippen molar-refractivity contribution in [3.8, 4) is 5.75 Å². The number of esters is 1. The summed E-state index contributed by atoms with van der Waals surface area (Å²) in [5, 5.41) is 0. The van der Waals surface area contributed by atoms with Gasteiger partial charge in [-0.2, -0.15) is 0 Å². The molecule has 0 saturated carbocycles. The molecular formula is C21H30O6. The molecule has 27 heavy (non-hydrogen) atoms. The van der Waals surface area contributed by atoms with Crippen LogP contribution >= 0.6 is 0 Å². The van der Waals surface area contributed by atoms with Crippen LogP contribution in [-0.2, 0) is 30.2 Å². The van der Waals surface area contributed by atoms with Crippen molar-refractivity contribution in [2.24, 2.45) is 0 Å². The fourth-order valence-electron chi connectivity index (χ4n) is 2.81. The van der Waals surface area contributed by atoms with Crippen molar-refractivity contribution in [3.63, 3.8) is 0 Å². The van der Waals surface area contributed by atoms with Gasteiger partial charge >= 0.3 is 5.97 Å². The predicted molar refractivity (Wildman–Crippen MR) is 101 cm³/mol. The standard InChI is InChI=1S/C21H30O6/c1-17(22)16-20(23)25-15-14-24-19-10-8-18(9-11-19)6-2-4-12-26-21-7-3-5-13-27-21/h8-11,21H,2-7,12-16H2,1H3.